The van der Waals surface area contributed by atoms with Crippen LogP contribution in [0.3, 0.4) is 0 Å². The number of hydrogen-bond donors (Lipinski definition) is 13. The van der Waals surface area contributed by atoms with Crippen molar-refractivity contribution in [3.63, 3.8) is 0 Å². The van der Waals surface area contributed by atoms with Gasteiger partial charge in [-0.05, 0) is 71.3 Å². The molecule has 8 amide bonds. The molecule has 4 aromatic rings. The third kappa shape index (κ3) is 19.1. The molecule has 3 unspecified atom stereocenters. The van der Waals surface area contributed by atoms with E-state index in [2.05, 4.69) is 42.5 Å². The molecule has 0 saturated carbocycles. The van der Waals surface area contributed by atoms with Crippen molar-refractivity contribution in [3.8, 4) is 23.0 Å². The van der Waals surface area contributed by atoms with Crippen LogP contribution in [-0.2, 0) is 45.4 Å². The summed E-state index contributed by atoms with van der Waals surface area (Å²) in [6, 6.07) is 4.33. The number of nitrogens with zero attached hydrogens (tertiary/aromatic N) is 8. The van der Waals surface area contributed by atoms with Crippen LogP contribution in [0.1, 0.15) is 83.5 Å². The van der Waals surface area contributed by atoms with Crippen LogP contribution < -0.4 is 70.5 Å². The average Bonchev–Trinajstić information content (AvgIpc) is 0.865. The Morgan fingerprint density at radius 2 is 0.624 bits per heavy atom. The predicted octanol–water partition coefficient (Wildman–Crippen LogP) is -5.38. The minimum absolute atomic E-state index is 0.0170. The molecule has 3 atom stereocenters. The molecule has 0 aromatic carbocycles. The molecule has 33 heteroatoms. The van der Waals surface area contributed by atoms with Gasteiger partial charge in [0.05, 0.1) is 22.3 Å². The molecule has 4 aromatic heterocycles. The van der Waals surface area contributed by atoms with Gasteiger partial charge in [0.1, 0.15) is 26.2 Å². The molecule has 0 fully saturated rings. The Hall–Kier alpha value is -9.44. The molecule has 16 aliphatic heterocycles. The minimum Gasteiger partial charge on any atom is -0.502 e. The van der Waals surface area contributed by atoms with E-state index in [1.807, 2.05) is 14.7 Å². The molecule has 93 heavy (non-hydrogen) atoms. The van der Waals surface area contributed by atoms with Crippen LogP contribution in [0, 0.1) is 27.7 Å². The number of unbranched alkanes of at least 4 members (excludes halogenated alkanes) is 1. The molecule has 33 nitrogen and oxygen atoms in total. The number of nitrogens with one attached hydrogen (secondary N) is 8. The highest BCUT2D eigenvalue weighted by Crippen LogP contribution is 2.19. The predicted molar refractivity (Wildman–Crippen MR) is 337 cm³/mol. The van der Waals surface area contributed by atoms with E-state index in [0.29, 0.717) is 25.8 Å². The summed E-state index contributed by atoms with van der Waals surface area (Å²) < 4.78 is 4.05. The molecule has 506 valence electrons. The van der Waals surface area contributed by atoms with Crippen molar-refractivity contribution in [1.29, 1.82) is 0 Å². The van der Waals surface area contributed by atoms with Gasteiger partial charge < -0.3 is 87.0 Å². The van der Waals surface area contributed by atoms with E-state index in [1.165, 1.54) is 52.0 Å². The second-order valence-electron chi connectivity index (χ2n) is 23.2. The summed E-state index contributed by atoms with van der Waals surface area (Å²) in [4.78, 5) is 173. The van der Waals surface area contributed by atoms with Gasteiger partial charge in [-0.25, -0.2) is 0 Å². The Balaban J connectivity index is 1.36. The monoisotopic (exact) mass is 1300 g/mol. The van der Waals surface area contributed by atoms with Crippen molar-refractivity contribution in [1.82, 2.24) is 80.4 Å². The van der Waals surface area contributed by atoms with Crippen molar-refractivity contribution in [2.45, 2.75) is 79.2 Å². The first-order chi connectivity index (χ1) is 44.3. The molecular weight excluding hydrogens is 1210 g/mol. The number of aryl methyl sites for hydroxylation is 4. The zero-order chi connectivity index (χ0) is 67.6. The van der Waals surface area contributed by atoms with Gasteiger partial charge in [-0.2, -0.15) is 0 Å². The second kappa shape index (κ2) is 33.2. The molecule has 20 rings (SSSR count). The maximum atomic E-state index is 14.3. The number of amides is 8. The van der Waals surface area contributed by atoms with E-state index >= 15 is 0 Å². The van der Waals surface area contributed by atoms with Gasteiger partial charge in [0, 0.05) is 153 Å². The van der Waals surface area contributed by atoms with E-state index in [-0.39, 0.29) is 169 Å². The smallest absolute Gasteiger partial charge is 0.294 e. The molecule has 12 bridgehead atoms. The zero-order valence-electron chi connectivity index (χ0n) is 52.8. The van der Waals surface area contributed by atoms with Crippen LogP contribution in [-0.4, -0.2) is 242 Å². The molecule has 16 aliphatic rings. The highest BCUT2D eigenvalue weighted by Gasteiger charge is 2.27. The van der Waals surface area contributed by atoms with Gasteiger partial charge in [-0.1, -0.05) is 6.42 Å². The van der Waals surface area contributed by atoms with E-state index in [4.69, 9.17) is 5.73 Å². The fourth-order valence-electron chi connectivity index (χ4n) is 11.2. The highest BCUT2D eigenvalue weighted by molar-refractivity contribution is 5.99. The van der Waals surface area contributed by atoms with Crippen molar-refractivity contribution in [2.24, 2.45) is 5.73 Å². The van der Waals surface area contributed by atoms with Crippen molar-refractivity contribution in [2.75, 3.05) is 131 Å². The molecule has 0 saturated heterocycles. The molecular formula is C60H85N17O16. The summed E-state index contributed by atoms with van der Waals surface area (Å²) in [7, 11) is 0. The first-order valence-electron chi connectivity index (χ1n) is 30.9. The maximum absolute atomic E-state index is 14.3. The van der Waals surface area contributed by atoms with Crippen LogP contribution in [0.2, 0.25) is 0 Å². The van der Waals surface area contributed by atoms with Gasteiger partial charge in [-0.3, -0.25) is 77.1 Å². The zero-order valence-corrected chi connectivity index (χ0v) is 52.8. The fraction of sp³-hybridized carbons (Fsp3) is 0.533. The lowest BCUT2D eigenvalue weighted by atomic mass is 10.1. The lowest BCUT2D eigenvalue weighted by Crippen LogP contribution is -2.49. The number of hydrogen-bond acceptors (Lipinski definition) is 21. The normalized spacial score (nSPS) is 21.5. The van der Waals surface area contributed by atoms with Crippen molar-refractivity contribution >= 4 is 47.3 Å². The van der Waals surface area contributed by atoms with Gasteiger partial charge in [0.2, 0.25) is 23.6 Å². The lowest BCUT2D eigenvalue weighted by molar-refractivity contribution is -0.122. The van der Waals surface area contributed by atoms with Crippen LogP contribution >= 0.6 is 0 Å². The molecule has 20 heterocycles. The molecule has 0 radical (unpaired) electrons. The largest absolute Gasteiger partial charge is 0.502 e. The number of aromatic hydroxyl groups is 4. The van der Waals surface area contributed by atoms with Gasteiger partial charge in [0.25, 0.3) is 45.9 Å². The maximum Gasteiger partial charge on any atom is 0.294 e. The lowest BCUT2D eigenvalue weighted by Gasteiger charge is -2.31. The quantitative estimate of drug-likeness (QED) is 0.0849. The first kappa shape index (κ1) is 71.0. The topological polar surface area (TPSA) is 441 Å². The second-order valence-corrected chi connectivity index (χ2v) is 23.2. The molecule has 14 N–H and O–H groups in total. The molecule has 0 aliphatic carbocycles. The van der Waals surface area contributed by atoms with Crippen LogP contribution in [0.25, 0.3) is 0 Å². The van der Waals surface area contributed by atoms with Gasteiger partial charge >= 0.3 is 0 Å². The standard InChI is InChI=1S/C60H85N17O16/c1-36-27-41-49(82)57(90)74(36)32-45(78)62-9-16-70-17-10-63-46(79)33-75-37(2)28-42(50(83)58(75)91)54(87)67-14-21-72(20-13-66-53(41)86)25-26-73-22-15-68-55(88)43-29-38(3)76(59(92)51(43)84)34-47(80)64-11-18-71(24-23-70)19-12-65-48(81)35-77-39(4)30-44(52(85)60(77)93)56(89)69-40(31-73)7-5-6-8-61/h27-30,40,82-85H,5-26,31-35,61H2,1-4H3,(H,62,78)(H,63,79)(H,64,80)(H,65,81)(H,66,86)(H,67,87)(H,68,88)(H,69,89). The molecule has 0 spiro atoms. The van der Waals surface area contributed by atoms with Crippen LogP contribution in [0.4, 0.5) is 0 Å². The Bertz CT molecular complexity index is 3600. The summed E-state index contributed by atoms with van der Waals surface area (Å²) in [6.07, 6.45) is 1.32. The Morgan fingerprint density at radius 3 is 0.914 bits per heavy atom. The third-order valence-electron chi connectivity index (χ3n) is 16.5. The van der Waals surface area contributed by atoms with Gasteiger partial charge in [-0.15, -0.1) is 0 Å². The number of rotatable bonds is 4. The number of carbonyl (C=O) groups excluding carboxylic acids is 8. The minimum atomic E-state index is -1.01. The van der Waals surface area contributed by atoms with Crippen molar-refractivity contribution < 1.29 is 58.8 Å². The van der Waals surface area contributed by atoms with Crippen LogP contribution in [0.15, 0.2) is 43.4 Å². The highest BCUT2D eigenvalue weighted by atomic mass is 16.3. The summed E-state index contributed by atoms with van der Waals surface area (Å²) in [5, 5.41) is 67.2. The first-order valence-corrected chi connectivity index (χ1v) is 30.9. The number of aromatic nitrogens is 4. The van der Waals surface area contributed by atoms with E-state index in [0.717, 1.165) is 18.3 Å². The summed E-state index contributed by atoms with van der Waals surface area (Å²) >= 11 is 0. The van der Waals surface area contributed by atoms with E-state index in [1.54, 1.807) is 4.90 Å². The Labute approximate surface area is 534 Å². The Morgan fingerprint density at radius 1 is 0.366 bits per heavy atom. The Kier molecular flexibility index (Phi) is 25.4. The fourth-order valence-corrected chi connectivity index (χ4v) is 11.2. The number of nitrogens with two attached hydrogens (primary N) is 1. The van der Waals surface area contributed by atoms with Gasteiger partial charge in [0.15, 0.2) is 23.0 Å². The summed E-state index contributed by atoms with van der Waals surface area (Å²) in [6.45, 7) is 4.65. The van der Waals surface area contributed by atoms with E-state index in [9.17, 15) is 78.0 Å². The summed E-state index contributed by atoms with van der Waals surface area (Å²) in [5.74, 6) is -9.54. The van der Waals surface area contributed by atoms with Crippen molar-refractivity contribution in [3.05, 3.63) is 111 Å². The third-order valence-corrected chi connectivity index (χ3v) is 16.5. The number of carbonyl (C=O) groups is 8. The summed E-state index contributed by atoms with van der Waals surface area (Å²) in [5.41, 5.74) is 1.05. The van der Waals surface area contributed by atoms with Crippen LogP contribution in [0.5, 0.6) is 23.0 Å². The SMILES string of the molecule is Cc1cc2c(O)c(=O)n1CC(=O)NCCN1CCNC(=O)Cn3c(C)cc(c(O)c3=O)C(=O)NCCN(CCNC2=O)CCN2CCNC(=O)c3cc(C)n(c(=O)c3O)CC(=O)NCCN(CCNC(=O)Cn3c(C)cc(c(O)c3=O)C(=O)NC(CCCCN)C2)CC1. The van der Waals surface area contributed by atoms with E-state index < -0.39 is 125 Å². The number of pyridine rings is 4. The average molecular weight is 1300 g/mol.